The third-order valence-corrected chi connectivity index (χ3v) is 7.50. The second-order valence-electron chi connectivity index (χ2n) is 9.02. The predicted octanol–water partition coefficient (Wildman–Crippen LogP) is 4.92. The maximum Gasteiger partial charge on any atom is 0.277 e. The number of rotatable bonds is 7. The number of fused-ring (bicyclic) bond motifs is 1. The summed E-state index contributed by atoms with van der Waals surface area (Å²) < 4.78 is 6.89. The summed E-state index contributed by atoms with van der Waals surface area (Å²) in [6.07, 6.45) is 0.830. The maximum absolute atomic E-state index is 13.9. The van der Waals surface area contributed by atoms with Gasteiger partial charge in [0.1, 0.15) is 22.7 Å². The molecule has 1 unspecified atom stereocenters. The van der Waals surface area contributed by atoms with E-state index in [9.17, 15) is 9.59 Å². The number of nitrogens with one attached hydrogen (secondary N) is 1. The van der Waals surface area contributed by atoms with E-state index in [4.69, 9.17) is 9.84 Å². The van der Waals surface area contributed by atoms with Crippen molar-refractivity contribution in [2.75, 3.05) is 12.0 Å². The summed E-state index contributed by atoms with van der Waals surface area (Å²) in [7, 11) is 1.62. The highest BCUT2D eigenvalue weighted by atomic mass is 32.1. The van der Waals surface area contributed by atoms with Crippen molar-refractivity contribution in [3.05, 3.63) is 88.9 Å². The van der Waals surface area contributed by atoms with Crippen LogP contribution in [0.5, 0.6) is 5.75 Å². The van der Waals surface area contributed by atoms with Gasteiger partial charge in [-0.05, 0) is 66.2 Å². The second-order valence-corrected chi connectivity index (χ2v) is 9.97. The lowest BCUT2D eigenvalue weighted by Gasteiger charge is -2.43. The van der Waals surface area contributed by atoms with E-state index in [1.54, 1.807) is 28.0 Å². The van der Waals surface area contributed by atoms with Crippen LogP contribution in [0, 0.1) is 0 Å². The molecule has 7 nitrogen and oxygen atoms in total. The molecule has 184 valence electrons. The van der Waals surface area contributed by atoms with Crippen molar-refractivity contribution in [2.45, 2.75) is 38.9 Å². The first kappa shape index (κ1) is 23.8. The molecule has 0 bridgehead atoms. The molecule has 0 spiro atoms. The minimum absolute atomic E-state index is 0.240. The van der Waals surface area contributed by atoms with Crippen LogP contribution < -0.4 is 15.0 Å². The quantitative estimate of drug-likeness (QED) is 0.391. The molecule has 2 aromatic carbocycles. The molecule has 2 amide bonds. The van der Waals surface area contributed by atoms with Crippen molar-refractivity contribution >= 4 is 28.8 Å². The first-order valence-electron chi connectivity index (χ1n) is 11.9. The summed E-state index contributed by atoms with van der Waals surface area (Å²) in [5.41, 5.74) is 2.77. The number of carbonyl (C=O) groups is 2. The Labute approximate surface area is 214 Å². The average Bonchev–Trinajstić information content (AvgIpc) is 3.58. The van der Waals surface area contributed by atoms with Gasteiger partial charge in [0, 0.05) is 12.2 Å². The molecule has 8 heteroatoms. The zero-order chi connectivity index (χ0) is 25.3. The Morgan fingerprint density at radius 3 is 2.61 bits per heavy atom. The zero-order valence-electron chi connectivity index (χ0n) is 20.5. The van der Waals surface area contributed by atoms with Gasteiger partial charge in [-0.1, -0.05) is 37.3 Å². The topological polar surface area (TPSA) is 76.5 Å². The van der Waals surface area contributed by atoms with Crippen molar-refractivity contribution < 1.29 is 14.3 Å². The molecule has 0 saturated carbocycles. The van der Waals surface area contributed by atoms with E-state index in [2.05, 4.69) is 12.2 Å². The molecule has 0 saturated heterocycles. The molecule has 1 aliphatic heterocycles. The summed E-state index contributed by atoms with van der Waals surface area (Å²) in [5, 5.41) is 9.74. The van der Waals surface area contributed by atoms with Crippen LogP contribution >= 0.6 is 11.3 Å². The number of ether oxygens (including phenoxy) is 1. The highest BCUT2D eigenvalue weighted by Gasteiger charge is 2.49. The molecule has 36 heavy (non-hydrogen) atoms. The molecule has 0 radical (unpaired) electrons. The van der Waals surface area contributed by atoms with Crippen molar-refractivity contribution in [1.82, 2.24) is 15.1 Å². The average molecular weight is 501 g/mol. The zero-order valence-corrected chi connectivity index (χ0v) is 21.3. The van der Waals surface area contributed by atoms with E-state index >= 15 is 0 Å². The summed E-state index contributed by atoms with van der Waals surface area (Å²) >= 11 is 1.57. The Balaban J connectivity index is 1.51. The predicted molar refractivity (Wildman–Crippen MR) is 141 cm³/mol. The number of anilines is 1. The molecular formula is C28H28N4O3S. The fraction of sp³-hybridized carbons (Fsp3) is 0.250. The summed E-state index contributed by atoms with van der Waals surface area (Å²) in [5.74, 6) is 0.268. The summed E-state index contributed by atoms with van der Waals surface area (Å²) in [6, 6.07) is 21.1. The summed E-state index contributed by atoms with van der Waals surface area (Å²) in [4.78, 5) is 30.3. The lowest BCUT2D eigenvalue weighted by atomic mass is 9.93. The molecule has 0 fully saturated rings. The number of nitrogens with zero attached hydrogens (tertiary/aromatic N) is 3. The molecular weight excluding hydrogens is 472 g/mol. The Kier molecular flexibility index (Phi) is 6.36. The van der Waals surface area contributed by atoms with E-state index in [-0.39, 0.29) is 18.4 Å². The van der Waals surface area contributed by atoms with Gasteiger partial charge in [0.2, 0.25) is 5.91 Å². The fourth-order valence-corrected chi connectivity index (χ4v) is 5.24. The Hall–Kier alpha value is -3.91. The third-order valence-electron chi connectivity index (χ3n) is 6.61. The SMILES string of the molecule is CCc1cccc(N2C(=O)c3cc(-c4cccs4)nn3CC2(C)C(=O)NCc2ccc(OC)cc2)c1. The van der Waals surface area contributed by atoms with Crippen LogP contribution in [0.15, 0.2) is 72.1 Å². The number of methoxy groups -OCH3 is 1. The van der Waals surface area contributed by atoms with Crippen molar-refractivity contribution in [3.8, 4) is 16.3 Å². The first-order valence-corrected chi connectivity index (χ1v) is 12.8. The van der Waals surface area contributed by atoms with Crippen LogP contribution in [-0.2, 0) is 24.3 Å². The van der Waals surface area contributed by atoms with Crippen LogP contribution in [0.25, 0.3) is 10.6 Å². The van der Waals surface area contributed by atoms with Crippen molar-refractivity contribution in [3.63, 3.8) is 0 Å². The van der Waals surface area contributed by atoms with E-state index in [1.807, 2.05) is 79.0 Å². The number of aromatic nitrogens is 2. The molecule has 5 rings (SSSR count). The number of thiophene rings is 1. The van der Waals surface area contributed by atoms with Crippen LogP contribution in [-0.4, -0.2) is 34.2 Å². The molecule has 0 aliphatic carbocycles. The van der Waals surface area contributed by atoms with Gasteiger partial charge in [-0.15, -0.1) is 11.3 Å². The molecule has 4 aromatic rings. The number of carbonyl (C=O) groups excluding carboxylic acids is 2. The van der Waals surface area contributed by atoms with Gasteiger partial charge in [-0.3, -0.25) is 19.2 Å². The fourth-order valence-electron chi connectivity index (χ4n) is 4.56. The van der Waals surface area contributed by atoms with Gasteiger partial charge in [0.25, 0.3) is 5.91 Å². The Bertz CT molecular complexity index is 1390. The lowest BCUT2D eigenvalue weighted by molar-refractivity contribution is -0.126. The van der Waals surface area contributed by atoms with Gasteiger partial charge in [-0.25, -0.2) is 0 Å². The van der Waals surface area contributed by atoms with Gasteiger partial charge >= 0.3 is 0 Å². The first-order chi connectivity index (χ1) is 17.4. The maximum atomic E-state index is 13.9. The highest BCUT2D eigenvalue weighted by Crippen LogP contribution is 2.35. The molecule has 3 heterocycles. The van der Waals surface area contributed by atoms with E-state index < -0.39 is 5.54 Å². The smallest absolute Gasteiger partial charge is 0.277 e. The number of amides is 2. The van der Waals surface area contributed by atoms with E-state index in [0.29, 0.717) is 17.9 Å². The van der Waals surface area contributed by atoms with Crippen molar-refractivity contribution in [1.29, 1.82) is 0 Å². The van der Waals surface area contributed by atoms with Gasteiger partial charge in [-0.2, -0.15) is 5.10 Å². The van der Waals surface area contributed by atoms with Crippen molar-refractivity contribution in [2.24, 2.45) is 0 Å². The van der Waals surface area contributed by atoms with Crippen LogP contribution in [0.3, 0.4) is 0 Å². The second kappa shape index (κ2) is 9.62. The van der Waals surface area contributed by atoms with Crippen LogP contribution in [0.4, 0.5) is 5.69 Å². The standard InChI is InChI=1S/C28H28N4O3S/c1-4-19-7-5-8-21(15-19)32-26(33)24-16-23(25-9-6-14-36-25)30-31(24)18-28(32,2)27(34)29-17-20-10-12-22(35-3)13-11-20/h5-16H,4,17-18H2,1-3H3,(H,29,34). The number of hydrogen-bond acceptors (Lipinski definition) is 5. The lowest BCUT2D eigenvalue weighted by Crippen LogP contribution is -2.64. The number of aryl methyl sites for hydroxylation is 1. The monoisotopic (exact) mass is 500 g/mol. The normalized spacial score (nSPS) is 17.1. The van der Waals surface area contributed by atoms with Crippen LogP contribution in [0.2, 0.25) is 0 Å². The molecule has 1 aliphatic rings. The Morgan fingerprint density at radius 1 is 1.11 bits per heavy atom. The Morgan fingerprint density at radius 2 is 1.92 bits per heavy atom. The number of benzene rings is 2. The van der Waals surface area contributed by atoms with Gasteiger partial charge in [0.05, 0.1) is 18.5 Å². The minimum Gasteiger partial charge on any atom is -0.497 e. The molecule has 1 N–H and O–H groups in total. The van der Waals surface area contributed by atoms with E-state index in [1.165, 1.54) is 0 Å². The molecule has 2 aromatic heterocycles. The van der Waals surface area contributed by atoms with Gasteiger partial charge in [0.15, 0.2) is 0 Å². The van der Waals surface area contributed by atoms with Crippen LogP contribution in [0.1, 0.15) is 35.5 Å². The number of hydrogen-bond donors (Lipinski definition) is 1. The largest absolute Gasteiger partial charge is 0.497 e. The van der Waals surface area contributed by atoms with Gasteiger partial charge < -0.3 is 10.1 Å². The molecule has 1 atom stereocenters. The third kappa shape index (κ3) is 4.28. The highest BCUT2D eigenvalue weighted by molar-refractivity contribution is 7.13. The van der Waals surface area contributed by atoms with E-state index in [0.717, 1.165) is 33.9 Å². The summed E-state index contributed by atoms with van der Waals surface area (Å²) in [6.45, 7) is 4.45. The minimum atomic E-state index is -1.18.